The number of carboxylic acids is 1. The maximum Gasteiger partial charge on any atom is 0.337 e. The van der Waals surface area contributed by atoms with E-state index in [1.807, 2.05) is 0 Å². The van der Waals surface area contributed by atoms with Gasteiger partial charge in [0.25, 0.3) is 0 Å². The summed E-state index contributed by atoms with van der Waals surface area (Å²) in [7, 11) is 0. The number of carboxylic acid groups (broad SMARTS) is 1. The molecule has 0 amide bonds. The van der Waals surface area contributed by atoms with Gasteiger partial charge in [-0.05, 0) is 17.7 Å². The summed E-state index contributed by atoms with van der Waals surface area (Å²) < 4.78 is 0. The molecule has 4 heteroatoms. The molecular weight excluding hydrogens is 178 g/mol. The van der Waals surface area contributed by atoms with Gasteiger partial charge in [0.2, 0.25) is 0 Å². The molecule has 0 spiro atoms. The van der Waals surface area contributed by atoms with Crippen molar-refractivity contribution in [1.82, 2.24) is 0 Å². The number of nitrogen functional groups attached to an aromatic ring is 1. The molecule has 0 aliphatic rings. The Morgan fingerprint density at radius 2 is 2.25 bits per heavy atom. The van der Waals surface area contributed by atoms with Crippen LogP contribution in [0.4, 0.5) is 5.69 Å². The number of hydrogen-bond donors (Lipinski definition) is 2. The van der Waals surface area contributed by atoms with Crippen LogP contribution in [0.3, 0.4) is 0 Å². The van der Waals surface area contributed by atoms with E-state index in [0.717, 1.165) is 5.56 Å². The van der Waals surface area contributed by atoms with Crippen LogP contribution >= 0.6 is 11.6 Å². The molecule has 3 nitrogen and oxygen atoms in total. The largest absolute Gasteiger partial charge is 0.478 e. The fourth-order valence-corrected chi connectivity index (χ4v) is 1.06. The molecule has 64 valence electrons. The van der Waals surface area contributed by atoms with Crippen LogP contribution in [-0.4, -0.2) is 11.1 Å². The minimum absolute atomic E-state index is 0.115. The Bertz CT molecular complexity index is 312. The second kappa shape index (κ2) is 3.45. The summed E-state index contributed by atoms with van der Waals surface area (Å²) in [6.45, 7) is 0. The van der Waals surface area contributed by atoms with Crippen molar-refractivity contribution in [3.05, 3.63) is 29.3 Å². The summed E-state index contributed by atoms with van der Waals surface area (Å²) in [5, 5.41) is 8.62. The molecular formula is C8H8ClNO2. The van der Waals surface area contributed by atoms with Gasteiger partial charge in [-0.15, -0.1) is 11.6 Å². The summed E-state index contributed by atoms with van der Waals surface area (Å²) in [6.07, 6.45) is 0. The highest BCUT2D eigenvalue weighted by Crippen LogP contribution is 2.15. The second-order valence-electron chi connectivity index (χ2n) is 2.36. The van der Waals surface area contributed by atoms with E-state index in [4.69, 9.17) is 22.4 Å². The molecule has 0 bridgehead atoms. The molecule has 1 rings (SSSR count). The zero-order chi connectivity index (χ0) is 9.14. The molecule has 0 aliphatic carbocycles. The van der Waals surface area contributed by atoms with Crippen LogP contribution in [0.1, 0.15) is 15.9 Å². The Balaban J connectivity index is 3.12. The van der Waals surface area contributed by atoms with Crippen molar-refractivity contribution in [3.8, 4) is 0 Å². The summed E-state index contributed by atoms with van der Waals surface area (Å²) in [5.74, 6) is -0.682. The van der Waals surface area contributed by atoms with E-state index < -0.39 is 5.97 Å². The maximum atomic E-state index is 10.5. The topological polar surface area (TPSA) is 63.3 Å². The molecule has 0 unspecified atom stereocenters. The van der Waals surface area contributed by atoms with Crippen LogP contribution in [-0.2, 0) is 5.88 Å². The Morgan fingerprint density at radius 3 is 2.67 bits per heavy atom. The fourth-order valence-electron chi connectivity index (χ4n) is 0.890. The molecule has 1 aromatic rings. The third-order valence-electron chi connectivity index (χ3n) is 1.50. The lowest BCUT2D eigenvalue weighted by Crippen LogP contribution is -2.02. The Morgan fingerprint density at radius 1 is 1.58 bits per heavy atom. The van der Waals surface area contributed by atoms with Gasteiger partial charge in [-0.2, -0.15) is 0 Å². The van der Waals surface area contributed by atoms with Gasteiger partial charge in [0.15, 0.2) is 0 Å². The molecule has 0 atom stereocenters. The van der Waals surface area contributed by atoms with Crippen molar-refractivity contribution >= 4 is 23.3 Å². The van der Waals surface area contributed by atoms with Crippen molar-refractivity contribution < 1.29 is 9.90 Å². The number of benzene rings is 1. The van der Waals surface area contributed by atoms with Gasteiger partial charge in [0.1, 0.15) is 0 Å². The first kappa shape index (κ1) is 8.87. The molecule has 1 aromatic carbocycles. The average Bonchev–Trinajstić information content (AvgIpc) is 2.03. The van der Waals surface area contributed by atoms with Crippen LogP contribution in [0.2, 0.25) is 0 Å². The lowest BCUT2D eigenvalue weighted by atomic mass is 10.1. The summed E-state index contributed by atoms with van der Waals surface area (Å²) in [4.78, 5) is 10.5. The van der Waals surface area contributed by atoms with E-state index in [1.54, 1.807) is 12.1 Å². The number of carbonyl (C=O) groups is 1. The molecule has 0 aliphatic heterocycles. The lowest BCUT2D eigenvalue weighted by Gasteiger charge is -2.01. The van der Waals surface area contributed by atoms with Crippen LogP contribution in [0.5, 0.6) is 0 Å². The molecule has 0 saturated carbocycles. The number of alkyl halides is 1. The SMILES string of the molecule is Nc1cc(CCl)ccc1C(=O)O. The van der Waals surface area contributed by atoms with Crippen LogP contribution in [0, 0.1) is 0 Å². The lowest BCUT2D eigenvalue weighted by molar-refractivity contribution is 0.0698. The Hall–Kier alpha value is -1.22. The first-order valence-electron chi connectivity index (χ1n) is 3.33. The number of anilines is 1. The van der Waals surface area contributed by atoms with E-state index in [0.29, 0.717) is 5.88 Å². The van der Waals surface area contributed by atoms with Gasteiger partial charge in [0.05, 0.1) is 5.56 Å². The minimum Gasteiger partial charge on any atom is -0.478 e. The standard InChI is InChI=1S/C8H8ClNO2/c9-4-5-1-2-6(8(11)12)7(10)3-5/h1-3H,4,10H2,(H,11,12). The van der Waals surface area contributed by atoms with Crippen LogP contribution < -0.4 is 5.73 Å². The summed E-state index contributed by atoms with van der Waals surface area (Å²) in [5.41, 5.74) is 6.64. The van der Waals surface area contributed by atoms with Gasteiger partial charge in [0, 0.05) is 11.6 Å². The highest BCUT2D eigenvalue weighted by atomic mass is 35.5. The highest BCUT2D eigenvalue weighted by Gasteiger charge is 2.06. The van der Waals surface area contributed by atoms with E-state index in [-0.39, 0.29) is 11.3 Å². The fraction of sp³-hybridized carbons (Fsp3) is 0.125. The van der Waals surface area contributed by atoms with Crippen molar-refractivity contribution in [3.63, 3.8) is 0 Å². The van der Waals surface area contributed by atoms with Gasteiger partial charge in [-0.25, -0.2) is 4.79 Å². The third kappa shape index (κ3) is 1.68. The minimum atomic E-state index is -1.02. The van der Waals surface area contributed by atoms with E-state index >= 15 is 0 Å². The zero-order valence-electron chi connectivity index (χ0n) is 6.25. The molecule has 0 fully saturated rings. The number of rotatable bonds is 2. The second-order valence-corrected chi connectivity index (χ2v) is 2.63. The maximum absolute atomic E-state index is 10.5. The smallest absolute Gasteiger partial charge is 0.337 e. The molecule has 0 radical (unpaired) electrons. The van der Waals surface area contributed by atoms with Crippen molar-refractivity contribution in [1.29, 1.82) is 0 Å². The van der Waals surface area contributed by atoms with Crippen LogP contribution in [0.25, 0.3) is 0 Å². The molecule has 0 aromatic heterocycles. The van der Waals surface area contributed by atoms with Gasteiger partial charge >= 0.3 is 5.97 Å². The number of aromatic carboxylic acids is 1. The average molecular weight is 186 g/mol. The quantitative estimate of drug-likeness (QED) is 0.545. The third-order valence-corrected chi connectivity index (χ3v) is 1.81. The predicted octanol–water partition coefficient (Wildman–Crippen LogP) is 1.71. The highest BCUT2D eigenvalue weighted by molar-refractivity contribution is 6.17. The monoisotopic (exact) mass is 185 g/mol. The first-order valence-corrected chi connectivity index (χ1v) is 3.86. The van der Waals surface area contributed by atoms with Gasteiger partial charge < -0.3 is 10.8 Å². The predicted molar refractivity (Wildman–Crippen MR) is 47.4 cm³/mol. The normalized spacial score (nSPS) is 9.75. The van der Waals surface area contributed by atoms with Gasteiger partial charge in [-0.3, -0.25) is 0 Å². The van der Waals surface area contributed by atoms with E-state index in [1.165, 1.54) is 6.07 Å². The summed E-state index contributed by atoms with van der Waals surface area (Å²) in [6, 6.07) is 4.67. The molecule has 3 N–H and O–H groups in total. The number of nitrogens with two attached hydrogens (primary N) is 1. The molecule has 0 heterocycles. The number of halogens is 1. The molecule has 12 heavy (non-hydrogen) atoms. The summed E-state index contributed by atoms with van der Waals surface area (Å²) >= 11 is 5.53. The van der Waals surface area contributed by atoms with E-state index in [9.17, 15) is 4.79 Å². The number of hydrogen-bond acceptors (Lipinski definition) is 2. The van der Waals surface area contributed by atoms with Crippen molar-refractivity contribution in [2.45, 2.75) is 5.88 Å². The van der Waals surface area contributed by atoms with Crippen molar-refractivity contribution in [2.75, 3.05) is 5.73 Å². The first-order chi connectivity index (χ1) is 5.65. The Labute approximate surface area is 74.8 Å². The molecule has 0 saturated heterocycles. The van der Waals surface area contributed by atoms with Crippen molar-refractivity contribution in [2.24, 2.45) is 0 Å². The van der Waals surface area contributed by atoms with Gasteiger partial charge in [-0.1, -0.05) is 6.07 Å². The zero-order valence-corrected chi connectivity index (χ0v) is 7.01. The van der Waals surface area contributed by atoms with E-state index in [2.05, 4.69) is 0 Å². The Kier molecular flexibility index (Phi) is 2.55. The van der Waals surface area contributed by atoms with Crippen LogP contribution in [0.15, 0.2) is 18.2 Å².